The Hall–Kier alpha value is -4.07. The fraction of sp³-hybridized carbons (Fsp3) is 0.240. The number of nitrogens with one attached hydrogen (secondary N) is 1. The van der Waals surface area contributed by atoms with Crippen molar-refractivity contribution < 1.29 is 19.2 Å². The highest BCUT2D eigenvalue weighted by Crippen LogP contribution is 2.33. The third kappa shape index (κ3) is 4.74. The molecule has 0 radical (unpaired) electrons. The largest absolute Gasteiger partial charge is 0.465 e. The van der Waals surface area contributed by atoms with Gasteiger partial charge in [-0.2, -0.15) is 0 Å². The van der Waals surface area contributed by atoms with Gasteiger partial charge in [0.05, 0.1) is 35.0 Å². The lowest BCUT2D eigenvalue weighted by Gasteiger charge is -2.12. The van der Waals surface area contributed by atoms with Crippen molar-refractivity contribution in [1.82, 2.24) is 4.98 Å². The molecule has 0 aliphatic heterocycles. The van der Waals surface area contributed by atoms with Gasteiger partial charge >= 0.3 is 5.97 Å². The van der Waals surface area contributed by atoms with E-state index in [-0.39, 0.29) is 23.9 Å². The predicted octanol–water partition coefficient (Wildman–Crippen LogP) is 4.69. The van der Waals surface area contributed by atoms with Crippen molar-refractivity contribution in [3.63, 3.8) is 0 Å². The van der Waals surface area contributed by atoms with E-state index in [0.717, 1.165) is 29.5 Å². The zero-order chi connectivity index (χ0) is 23.5. The van der Waals surface area contributed by atoms with Crippen LogP contribution in [0.15, 0.2) is 54.7 Å². The van der Waals surface area contributed by atoms with Gasteiger partial charge in [-0.05, 0) is 42.5 Å². The molecule has 0 unspecified atom stereocenters. The van der Waals surface area contributed by atoms with Gasteiger partial charge in [0.1, 0.15) is 5.69 Å². The summed E-state index contributed by atoms with van der Waals surface area (Å²) in [5.41, 5.74) is 3.86. The Morgan fingerprint density at radius 1 is 1.15 bits per heavy atom. The van der Waals surface area contributed by atoms with Gasteiger partial charge in [0, 0.05) is 12.3 Å². The maximum Gasteiger partial charge on any atom is 0.338 e. The maximum atomic E-state index is 12.1. The van der Waals surface area contributed by atoms with Crippen molar-refractivity contribution in [2.75, 3.05) is 12.4 Å². The molecular formula is C25H23N3O5. The van der Waals surface area contributed by atoms with Crippen LogP contribution in [0, 0.1) is 23.0 Å². The van der Waals surface area contributed by atoms with E-state index < -0.39 is 10.9 Å². The first kappa shape index (κ1) is 22.1. The van der Waals surface area contributed by atoms with E-state index in [1.54, 1.807) is 19.1 Å². The smallest absolute Gasteiger partial charge is 0.338 e. The van der Waals surface area contributed by atoms with Crippen molar-refractivity contribution in [2.24, 2.45) is 5.92 Å². The number of carbonyl (C=O) groups excluding carboxylic acids is 2. The van der Waals surface area contributed by atoms with Gasteiger partial charge in [-0.25, -0.2) is 4.79 Å². The molecule has 0 saturated heterocycles. The number of nitro groups is 1. The minimum absolute atomic E-state index is 0.00837. The molecule has 1 amide bonds. The summed E-state index contributed by atoms with van der Waals surface area (Å²) in [5, 5.41) is 14.6. The highest BCUT2D eigenvalue weighted by Gasteiger charge is 2.31. The predicted molar refractivity (Wildman–Crippen MR) is 123 cm³/mol. The second kappa shape index (κ2) is 9.20. The Labute approximate surface area is 190 Å². The lowest BCUT2D eigenvalue weighted by molar-refractivity contribution is -0.386. The lowest BCUT2D eigenvalue weighted by Crippen LogP contribution is -2.15. The van der Waals surface area contributed by atoms with E-state index >= 15 is 0 Å². The van der Waals surface area contributed by atoms with Gasteiger partial charge in [0.15, 0.2) is 0 Å². The van der Waals surface area contributed by atoms with Crippen molar-refractivity contribution in [2.45, 2.75) is 26.2 Å². The van der Waals surface area contributed by atoms with Crippen LogP contribution >= 0.6 is 0 Å². The van der Waals surface area contributed by atoms with Gasteiger partial charge in [-0.3, -0.25) is 19.9 Å². The second-order valence-corrected chi connectivity index (χ2v) is 8.02. The van der Waals surface area contributed by atoms with Gasteiger partial charge < -0.3 is 10.1 Å². The number of rotatable bonds is 7. The van der Waals surface area contributed by atoms with E-state index in [4.69, 9.17) is 4.74 Å². The Balaban J connectivity index is 1.59. The summed E-state index contributed by atoms with van der Waals surface area (Å²) >= 11 is 0. The summed E-state index contributed by atoms with van der Waals surface area (Å²) in [6.45, 7) is 1.62. The number of esters is 1. The van der Waals surface area contributed by atoms with E-state index in [2.05, 4.69) is 10.3 Å². The highest BCUT2D eigenvalue weighted by atomic mass is 16.6. The fourth-order valence-corrected chi connectivity index (χ4v) is 3.74. The molecule has 1 saturated carbocycles. The summed E-state index contributed by atoms with van der Waals surface area (Å²) in [5.74, 6) is -0.547. The Bertz CT molecular complexity index is 1230. The molecule has 8 heteroatoms. The van der Waals surface area contributed by atoms with E-state index in [1.807, 2.05) is 36.4 Å². The standard InChI is InChI=1S/C25H23N3O5/c1-15-22(27-24(29)18-11-12-18)14-26-21(23(15)28(31)32)13-16-7-9-17(10-8-16)19-5-3-4-6-20(19)25(30)33-2/h3-10,14,18H,11-13H2,1-2H3,(H,27,29). The second-order valence-electron chi connectivity index (χ2n) is 8.02. The zero-order valence-corrected chi connectivity index (χ0v) is 18.3. The first-order valence-corrected chi connectivity index (χ1v) is 10.6. The summed E-state index contributed by atoms with van der Waals surface area (Å²) < 4.78 is 4.86. The van der Waals surface area contributed by atoms with Crippen LogP contribution in [0.2, 0.25) is 0 Å². The highest BCUT2D eigenvalue weighted by molar-refractivity contribution is 5.97. The summed E-state index contributed by atoms with van der Waals surface area (Å²) in [6, 6.07) is 14.6. The van der Waals surface area contributed by atoms with Gasteiger partial charge in [0.25, 0.3) is 5.69 Å². The molecule has 168 valence electrons. The average Bonchev–Trinajstić information content (AvgIpc) is 3.66. The van der Waals surface area contributed by atoms with Crippen molar-refractivity contribution in [3.8, 4) is 11.1 Å². The number of anilines is 1. The average molecular weight is 445 g/mol. The first-order valence-electron chi connectivity index (χ1n) is 10.6. The first-order chi connectivity index (χ1) is 15.9. The molecule has 8 nitrogen and oxygen atoms in total. The van der Waals surface area contributed by atoms with Gasteiger partial charge in [-0.1, -0.05) is 42.5 Å². The molecule has 33 heavy (non-hydrogen) atoms. The van der Waals surface area contributed by atoms with Crippen LogP contribution in [0.1, 0.15) is 40.0 Å². The van der Waals surface area contributed by atoms with Gasteiger partial charge in [-0.15, -0.1) is 0 Å². The molecule has 0 spiro atoms. The van der Waals surface area contributed by atoms with Crippen LogP contribution in [0.5, 0.6) is 0 Å². The van der Waals surface area contributed by atoms with Gasteiger partial charge in [0.2, 0.25) is 5.91 Å². The summed E-state index contributed by atoms with van der Waals surface area (Å²) in [4.78, 5) is 39.8. The number of nitrogens with zero attached hydrogens (tertiary/aromatic N) is 2. The van der Waals surface area contributed by atoms with Crippen LogP contribution in [0.4, 0.5) is 11.4 Å². The summed E-state index contributed by atoms with van der Waals surface area (Å²) in [6.07, 6.45) is 3.43. The molecule has 1 N–H and O–H groups in total. The summed E-state index contributed by atoms with van der Waals surface area (Å²) in [7, 11) is 1.34. The number of carbonyl (C=O) groups is 2. The van der Waals surface area contributed by atoms with Crippen LogP contribution in [0.25, 0.3) is 11.1 Å². The fourth-order valence-electron chi connectivity index (χ4n) is 3.74. The number of benzene rings is 2. The molecule has 1 fully saturated rings. The molecule has 4 rings (SSSR count). The molecule has 1 aliphatic carbocycles. The molecule has 1 heterocycles. The maximum absolute atomic E-state index is 12.1. The van der Waals surface area contributed by atoms with Crippen LogP contribution in [0.3, 0.4) is 0 Å². The van der Waals surface area contributed by atoms with Crippen molar-refractivity contribution in [1.29, 1.82) is 0 Å². The lowest BCUT2D eigenvalue weighted by atomic mass is 9.97. The third-order valence-corrected chi connectivity index (χ3v) is 5.74. The quantitative estimate of drug-likeness (QED) is 0.321. The molecule has 3 aromatic rings. The molecule has 0 atom stereocenters. The number of hydrogen-bond acceptors (Lipinski definition) is 6. The molecule has 0 bridgehead atoms. The number of ether oxygens (including phenoxy) is 1. The number of methoxy groups -OCH3 is 1. The van der Waals surface area contributed by atoms with E-state index in [9.17, 15) is 19.7 Å². The molecule has 1 aromatic heterocycles. The van der Waals surface area contributed by atoms with Crippen LogP contribution in [-0.2, 0) is 16.0 Å². The Morgan fingerprint density at radius 2 is 1.85 bits per heavy atom. The number of pyridine rings is 1. The minimum Gasteiger partial charge on any atom is -0.465 e. The molecule has 2 aromatic carbocycles. The Morgan fingerprint density at radius 3 is 2.48 bits per heavy atom. The molecular weight excluding hydrogens is 422 g/mol. The third-order valence-electron chi connectivity index (χ3n) is 5.74. The van der Waals surface area contributed by atoms with Crippen LogP contribution in [-0.4, -0.2) is 28.9 Å². The van der Waals surface area contributed by atoms with Crippen molar-refractivity contribution in [3.05, 3.63) is 87.2 Å². The number of hydrogen-bond donors (Lipinski definition) is 1. The zero-order valence-electron chi connectivity index (χ0n) is 18.3. The number of amides is 1. The SMILES string of the molecule is COC(=O)c1ccccc1-c1ccc(Cc2ncc(NC(=O)C3CC3)c(C)c2[N+](=O)[O-])cc1. The minimum atomic E-state index is -0.453. The van der Waals surface area contributed by atoms with Crippen LogP contribution < -0.4 is 5.32 Å². The van der Waals surface area contributed by atoms with E-state index in [1.165, 1.54) is 13.3 Å². The molecule has 1 aliphatic rings. The van der Waals surface area contributed by atoms with Crippen molar-refractivity contribution >= 4 is 23.3 Å². The van der Waals surface area contributed by atoms with E-state index in [0.29, 0.717) is 22.5 Å². The number of aromatic nitrogens is 1. The normalized spacial score (nSPS) is 12.8. The topological polar surface area (TPSA) is 111 Å². The Kier molecular flexibility index (Phi) is 6.17. The monoisotopic (exact) mass is 445 g/mol.